The molecule has 0 aromatic heterocycles. The van der Waals surface area contributed by atoms with Gasteiger partial charge in [0.2, 0.25) is 11.8 Å². The van der Waals surface area contributed by atoms with Gasteiger partial charge in [0.1, 0.15) is 11.8 Å². The third-order valence-electron chi connectivity index (χ3n) is 4.89. The third-order valence-corrected chi connectivity index (χ3v) is 4.89. The molecule has 1 aromatic rings. The van der Waals surface area contributed by atoms with Gasteiger partial charge in [0.15, 0.2) is 0 Å². The number of amides is 2. The van der Waals surface area contributed by atoms with Crippen LogP contribution in [0.3, 0.4) is 0 Å². The number of likely N-dealkylation sites (tertiary alicyclic amines) is 1. The van der Waals surface area contributed by atoms with Crippen LogP contribution in [0.4, 0.5) is 5.69 Å². The fourth-order valence-electron chi connectivity index (χ4n) is 3.28. The SMILES string of the molecule is COc1ccc(C)cc1NC(=O)C1CCCN1C(=O)CNCC1CC1.Cl. The van der Waals surface area contributed by atoms with Gasteiger partial charge in [-0.05, 0) is 62.8 Å². The number of hydrogen-bond donors (Lipinski definition) is 2. The van der Waals surface area contributed by atoms with Gasteiger partial charge in [-0.25, -0.2) is 0 Å². The molecule has 144 valence electrons. The molecule has 2 N–H and O–H groups in total. The zero-order valence-electron chi connectivity index (χ0n) is 15.4. The van der Waals surface area contributed by atoms with Crippen molar-refractivity contribution in [3.63, 3.8) is 0 Å². The van der Waals surface area contributed by atoms with Crippen LogP contribution in [0.25, 0.3) is 0 Å². The van der Waals surface area contributed by atoms with Crippen molar-refractivity contribution in [3.05, 3.63) is 23.8 Å². The van der Waals surface area contributed by atoms with Crippen molar-refractivity contribution in [1.82, 2.24) is 10.2 Å². The van der Waals surface area contributed by atoms with E-state index in [1.807, 2.05) is 25.1 Å². The summed E-state index contributed by atoms with van der Waals surface area (Å²) in [5, 5.41) is 6.15. The normalized spacial score (nSPS) is 19.0. The topological polar surface area (TPSA) is 70.7 Å². The molecule has 1 aromatic carbocycles. The largest absolute Gasteiger partial charge is 0.495 e. The molecule has 0 radical (unpaired) electrons. The number of methoxy groups -OCH3 is 1. The average Bonchev–Trinajstić information content (AvgIpc) is 3.27. The Labute approximate surface area is 161 Å². The number of anilines is 1. The molecule has 0 spiro atoms. The van der Waals surface area contributed by atoms with Gasteiger partial charge in [-0.3, -0.25) is 9.59 Å². The summed E-state index contributed by atoms with van der Waals surface area (Å²) < 4.78 is 5.31. The van der Waals surface area contributed by atoms with Crippen molar-refractivity contribution in [3.8, 4) is 5.75 Å². The van der Waals surface area contributed by atoms with Gasteiger partial charge in [0.25, 0.3) is 0 Å². The summed E-state index contributed by atoms with van der Waals surface area (Å²) in [5.41, 5.74) is 1.69. The summed E-state index contributed by atoms with van der Waals surface area (Å²) in [7, 11) is 1.58. The highest BCUT2D eigenvalue weighted by Crippen LogP contribution is 2.28. The summed E-state index contributed by atoms with van der Waals surface area (Å²) >= 11 is 0. The van der Waals surface area contributed by atoms with Crippen LogP contribution in [0.2, 0.25) is 0 Å². The van der Waals surface area contributed by atoms with Crippen LogP contribution in [0.5, 0.6) is 5.75 Å². The predicted octanol–water partition coefficient (Wildman–Crippen LogP) is 2.35. The summed E-state index contributed by atoms with van der Waals surface area (Å²) in [6.07, 6.45) is 4.08. The number of nitrogens with zero attached hydrogens (tertiary/aromatic N) is 1. The van der Waals surface area contributed by atoms with E-state index in [4.69, 9.17) is 4.74 Å². The fraction of sp³-hybridized carbons (Fsp3) is 0.579. The molecule has 26 heavy (non-hydrogen) atoms. The van der Waals surface area contributed by atoms with E-state index in [0.29, 0.717) is 30.9 Å². The minimum absolute atomic E-state index is 0. The van der Waals surface area contributed by atoms with Crippen molar-refractivity contribution >= 4 is 29.9 Å². The molecular weight excluding hydrogens is 354 g/mol. The van der Waals surface area contributed by atoms with Crippen LogP contribution < -0.4 is 15.4 Å². The van der Waals surface area contributed by atoms with E-state index in [0.717, 1.165) is 24.4 Å². The van der Waals surface area contributed by atoms with Crippen LogP contribution in [0.15, 0.2) is 18.2 Å². The van der Waals surface area contributed by atoms with Gasteiger partial charge in [0, 0.05) is 6.54 Å². The summed E-state index contributed by atoms with van der Waals surface area (Å²) in [6.45, 7) is 3.82. The molecule has 2 amide bonds. The molecular formula is C19H28ClN3O3. The molecule has 0 bridgehead atoms. The standard InChI is InChI=1S/C19H27N3O3.ClH/c1-13-5-8-17(25-2)15(10-13)21-19(24)16-4-3-9-22(16)18(23)12-20-11-14-6-7-14;/h5,8,10,14,16,20H,3-4,6-7,9,11-12H2,1-2H3,(H,21,24);1H. The number of benzene rings is 1. The van der Waals surface area contributed by atoms with E-state index in [9.17, 15) is 9.59 Å². The highest BCUT2D eigenvalue weighted by Gasteiger charge is 2.34. The Hall–Kier alpha value is -1.79. The van der Waals surface area contributed by atoms with Crippen molar-refractivity contribution in [2.24, 2.45) is 5.92 Å². The van der Waals surface area contributed by atoms with E-state index < -0.39 is 6.04 Å². The lowest BCUT2D eigenvalue weighted by atomic mass is 10.1. The van der Waals surface area contributed by atoms with Gasteiger partial charge in [-0.2, -0.15) is 0 Å². The number of rotatable bonds is 7. The van der Waals surface area contributed by atoms with Crippen LogP contribution in [-0.2, 0) is 9.59 Å². The number of nitrogens with one attached hydrogen (secondary N) is 2. The van der Waals surface area contributed by atoms with E-state index >= 15 is 0 Å². The number of carbonyl (C=O) groups is 2. The molecule has 1 aliphatic carbocycles. The van der Waals surface area contributed by atoms with Crippen molar-refractivity contribution in [1.29, 1.82) is 0 Å². The summed E-state index contributed by atoms with van der Waals surface area (Å²) in [5.74, 6) is 1.23. The molecule has 1 saturated heterocycles. The van der Waals surface area contributed by atoms with E-state index in [2.05, 4.69) is 10.6 Å². The van der Waals surface area contributed by atoms with E-state index in [-0.39, 0.29) is 24.2 Å². The highest BCUT2D eigenvalue weighted by molar-refractivity contribution is 5.98. The van der Waals surface area contributed by atoms with Gasteiger partial charge in [-0.1, -0.05) is 6.07 Å². The lowest BCUT2D eigenvalue weighted by molar-refractivity contribution is -0.135. The lowest BCUT2D eigenvalue weighted by Crippen LogP contribution is -2.46. The Balaban J connectivity index is 0.00000243. The van der Waals surface area contributed by atoms with Gasteiger partial charge in [-0.15, -0.1) is 12.4 Å². The molecule has 1 aliphatic heterocycles. The van der Waals surface area contributed by atoms with Crippen LogP contribution in [0, 0.1) is 12.8 Å². The monoisotopic (exact) mass is 381 g/mol. The maximum Gasteiger partial charge on any atom is 0.247 e. The molecule has 6 nitrogen and oxygen atoms in total. The lowest BCUT2D eigenvalue weighted by Gasteiger charge is -2.24. The first-order chi connectivity index (χ1) is 12.1. The van der Waals surface area contributed by atoms with Gasteiger partial charge in [0.05, 0.1) is 19.3 Å². The number of hydrogen-bond acceptors (Lipinski definition) is 4. The smallest absolute Gasteiger partial charge is 0.247 e. The van der Waals surface area contributed by atoms with E-state index in [1.165, 1.54) is 12.8 Å². The minimum Gasteiger partial charge on any atom is -0.495 e. The first-order valence-electron chi connectivity index (χ1n) is 9.04. The fourth-order valence-corrected chi connectivity index (χ4v) is 3.28. The summed E-state index contributed by atoms with van der Waals surface area (Å²) in [6, 6.07) is 5.26. The van der Waals surface area contributed by atoms with Crippen molar-refractivity contribution in [2.45, 2.75) is 38.6 Å². The van der Waals surface area contributed by atoms with Crippen LogP contribution in [-0.4, -0.2) is 49.5 Å². The van der Waals surface area contributed by atoms with Crippen LogP contribution in [0.1, 0.15) is 31.2 Å². The summed E-state index contributed by atoms with van der Waals surface area (Å²) in [4.78, 5) is 26.9. The Morgan fingerprint density at radius 1 is 1.27 bits per heavy atom. The molecule has 1 saturated carbocycles. The Morgan fingerprint density at radius 3 is 2.73 bits per heavy atom. The van der Waals surface area contributed by atoms with Gasteiger partial charge < -0.3 is 20.3 Å². The van der Waals surface area contributed by atoms with Crippen LogP contribution >= 0.6 is 12.4 Å². The number of ether oxygens (including phenoxy) is 1. The quantitative estimate of drug-likeness (QED) is 0.760. The number of carbonyl (C=O) groups excluding carboxylic acids is 2. The predicted molar refractivity (Wildman–Crippen MR) is 104 cm³/mol. The maximum absolute atomic E-state index is 12.7. The second kappa shape index (κ2) is 9.24. The van der Waals surface area contributed by atoms with E-state index in [1.54, 1.807) is 12.0 Å². The first-order valence-corrected chi connectivity index (χ1v) is 9.04. The average molecular weight is 382 g/mol. The van der Waals surface area contributed by atoms with Crippen molar-refractivity contribution < 1.29 is 14.3 Å². The van der Waals surface area contributed by atoms with Crippen molar-refractivity contribution in [2.75, 3.05) is 32.1 Å². The molecule has 1 atom stereocenters. The zero-order chi connectivity index (χ0) is 17.8. The third kappa shape index (κ3) is 5.11. The second-order valence-corrected chi connectivity index (χ2v) is 7.01. The molecule has 1 unspecified atom stereocenters. The first kappa shape index (κ1) is 20.5. The highest BCUT2D eigenvalue weighted by atomic mass is 35.5. The molecule has 2 aliphatic rings. The number of aryl methyl sites for hydroxylation is 1. The molecule has 7 heteroatoms. The molecule has 3 rings (SSSR count). The molecule has 2 fully saturated rings. The van der Waals surface area contributed by atoms with Gasteiger partial charge >= 0.3 is 0 Å². The Kier molecular flexibility index (Phi) is 7.29. The molecule has 1 heterocycles. The number of halogens is 1. The second-order valence-electron chi connectivity index (χ2n) is 7.01. The Morgan fingerprint density at radius 2 is 2.04 bits per heavy atom. The zero-order valence-corrected chi connectivity index (χ0v) is 16.2. The maximum atomic E-state index is 12.7. The minimum atomic E-state index is -0.402. The Bertz CT molecular complexity index is 649.